The lowest BCUT2D eigenvalue weighted by molar-refractivity contribution is 0.465. The minimum Gasteiger partial charge on any atom is -0.419 e. The minimum atomic E-state index is -4.16. The van der Waals surface area contributed by atoms with E-state index in [2.05, 4.69) is 26.1 Å². The standard InChI is InChI=1S/C9H7BrN2O4S/c10-7-3-1-6(2-4-7)9-12-11-8(16-9)5-17(13,14)15/h1-4H,5H2,(H,13,14,15). The number of nitrogens with zero attached hydrogens (tertiary/aromatic N) is 2. The van der Waals surface area contributed by atoms with E-state index in [1.54, 1.807) is 24.3 Å². The molecule has 0 aliphatic carbocycles. The van der Waals surface area contributed by atoms with Gasteiger partial charge in [0, 0.05) is 10.0 Å². The zero-order valence-corrected chi connectivity index (χ0v) is 10.8. The van der Waals surface area contributed by atoms with Crippen LogP contribution in [0.25, 0.3) is 11.5 Å². The molecule has 0 radical (unpaired) electrons. The Balaban J connectivity index is 2.27. The molecule has 0 saturated carbocycles. The van der Waals surface area contributed by atoms with Gasteiger partial charge < -0.3 is 4.42 Å². The number of halogens is 1. The van der Waals surface area contributed by atoms with Crippen molar-refractivity contribution in [3.8, 4) is 11.5 Å². The number of rotatable bonds is 3. The second kappa shape index (κ2) is 4.55. The molecule has 0 aliphatic heterocycles. The van der Waals surface area contributed by atoms with Gasteiger partial charge in [-0.15, -0.1) is 10.2 Å². The topological polar surface area (TPSA) is 93.3 Å². The van der Waals surface area contributed by atoms with Gasteiger partial charge in [-0.2, -0.15) is 8.42 Å². The van der Waals surface area contributed by atoms with Gasteiger partial charge in [0.1, 0.15) is 0 Å². The van der Waals surface area contributed by atoms with Crippen LogP contribution in [0.3, 0.4) is 0 Å². The van der Waals surface area contributed by atoms with Gasteiger partial charge in [0.15, 0.2) is 5.75 Å². The molecule has 1 aromatic heterocycles. The van der Waals surface area contributed by atoms with Gasteiger partial charge in [-0.05, 0) is 24.3 Å². The zero-order valence-electron chi connectivity index (χ0n) is 8.37. The van der Waals surface area contributed by atoms with Crippen molar-refractivity contribution in [1.29, 1.82) is 0 Å². The van der Waals surface area contributed by atoms with Crippen LogP contribution in [0.4, 0.5) is 0 Å². The first-order valence-electron chi connectivity index (χ1n) is 4.47. The molecule has 0 aliphatic rings. The number of aromatic nitrogens is 2. The lowest BCUT2D eigenvalue weighted by Gasteiger charge is -1.94. The highest BCUT2D eigenvalue weighted by Gasteiger charge is 2.14. The summed E-state index contributed by atoms with van der Waals surface area (Å²) in [7, 11) is -4.16. The zero-order chi connectivity index (χ0) is 12.5. The third-order valence-corrected chi connectivity index (χ3v) is 3.00. The maximum Gasteiger partial charge on any atom is 0.273 e. The molecule has 2 rings (SSSR count). The van der Waals surface area contributed by atoms with Crippen molar-refractivity contribution in [3.05, 3.63) is 34.6 Å². The molecule has 0 bridgehead atoms. The van der Waals surface area contributed by atoms with Crippen molar-refractivity contribution in [2.24, 2.45) is 0 Å². The molecule has 0 amide bonds. The fraction of sp³-hybridized carbons (Fsp3) is 0.111. The van der Waals surface area contributed by atoms with Crippen LogP contribution in [0, 0.1) is 0 Å². The molecule has 6 nitrogen and oxygen atoms in total. The first kappa shape index (κ1) is 12.2. The van der Waals surface area contributed by atoms with Crippen molar-refractivity contribution in [2.75, 3.05) is 0 Å². The predicted octanol–water partition coefficient (Wildman–Crippen LogP) is 1.89. The van der Waals surface area contributed by atoms with Gasteiger partial charge in [0.2, 0.25) is 11.8 Å². The van der Waals surface area contributed by atoms with E-state index in [9.17, 15) is 8.42 Å². The summed E-state index contributed by atoms with van der Waals surface area (Å²) in [4.78, 5) is 0. The van der Waals surface area contributed by atoms with Crippen LogP contribution in [0.5, 0.6) is 0 Å². The monoisotopic (exact) mass is 318 g/mol. The van der Waals surface area contributed by atoms with E-state index < -0.39 is 15.9 Å². The second-order valence-corrected chi connectivity index (χ2v) is 5.60. The molecule has 1 N–H and O–H groups in total. The maximum atomic E-state index is 10.6. The maximum absolute atomic E-state index is 10.6. The van der Waals surface area contributed by atoms with Gasteiger partial charge in [0.05, 0.1) is 0 Å². The smallest absolute Gasteiger partial charge is 0.273 e. The van der Waals surface area contributed by atoms with E-state index in [0.29, 0.717) is 5.56 Å². The first-order chi connectivity index (χ1) is 7.94. The third kappa shape index (κ3) is 3.35. The molecule has 17 heavy (non-hydrogen) atoms. The Morgan fingerprint density at radius 1 is 1.24 bits per heavy atom. The Hall–Kier alpha value is -1.25. The summed E-state index contributed by atoms with van der Waals surface area (Å²) in [5.74, 6) is -0.627. The Morgan fingerprint density at radius 2 is 1.88 bits per heavy atom. The number of benzene rings is 1. The van der Waals surface area contributed by atoms with E-state index in [0.717, 1.165) is 4.47 Å². The first-order valence-corrected chi connectivity index (χ1v) is 6.88. The Morgan fingerprint density at radius 3 is 2.47 bits per heavy atom. The van der Waals surface area contributed by atoms with E-state index in [1.807, 2.05) is 0 Å². The summed E-state index contributed by atoms with van der Waals surface area (Å²) in [6.45, 7) is 0. The van der Waals surface area contributed by atoms with E-state index in [1.165, 1.54) is 0 Å². The van der Waals surface area contributed by atoms with Crippen LogP contribution >= 0.6 is 15.9 Å². The average Bonchev–Trinajstić information content (AvgIpc) is 2.64. The molecule has 8 heteroatoms. The molecule has 0 spiro atoms. The van der Waals surface area contributed by atoms with Crippen LogP contribution in [-0.2, 0) is 15.9 Å². The van der Waals surface area contributed by atoms with Crippen LogP contribution < -0.4 is 0 Å². The van der Waals surface area contributed by atoms with Crippen molar-refractivity contribution >= 4 is 26.0 Å². The van der Waals surface area contributed by atoms with Gasteiger partial charge in [-0.25, -0.2) is 0 Å². The summed E-state index contributed by atoms with van der Waals surface area (Å²) < 4.78 is 35.9. The van der Waals surface area contributed by atoms with Crippen molar-refractivity contribution in [2.45, 2.75) is 5.75 Å². The highest BCUT2D eigenvalue weighted by molar-refractivity contribution is 9.10. The molecular formula is C9H7BrN2O4S. The molecule has 2 aromatic rings. The quantitative estimate of drug-likeness (QED) is 0.868. The van der Waals surface area contributed by atoms with Crippen LogP contribution in [-0.4, -0.2) is 23.2 Å². The Labute approximate surface area is 106 Å². The van der Waals surface area contributed by atoms with Crippen LogP contribution in [0.1, 0.15) is 5.89 Å². The molecule has 90 valence electrons. The van der Waals surface area contributed by atoms with Gasteiger partial charge in [-0.1, -0.05) is 15.9 Å². The second-order valence-electron chi connectivity index (χ2n) is 3.23. The molecule has 0 saturated heterocycles. The SMILES string of the molecule is O=S(=O)(O)Cc1nnc(-c2ccc(Br)cc2)o1. The summed E-state index contributed by atoms with van der Waals surface area (Å²) in [6.07, 6.45) is 0. The summed E-state index contributed by atoms with van der Waals surface area (Å²) in [5.41, 5.74) is 0.669. The fourth-order valence-electron chi connectivity index (χ4n) is 1.18. The van der Waals surface area contributed by atoms with Crippen LogP contribution in [0.15, 0.2) is 33.2 Å². The molecule has 1 aromatic carbocycles. The number of hydrogen-bond acceptors (Lipinski definition) is 5. The van der Waals surface area contributed by atoms with Crippen molar-refractivity contribution in [1.82, 2.24) is 10.2 Å². The van der Waals surface area contributed by atoms with Gasteiger partial charge >= 0.3 is 0 Å². The minimum absolute atomic E-state index is 0.148. The fourth-order valence-corrected chi connectivity index (χ4v) is 1.87. The lowest BCUT2D eigenvalue weighted by atomic mass is 10.2. The molecule has 0 unspecified atom stereocenters. The van der Waals surface area contributed by atoms with Gasteiger partial charge in [-0.3, -0.25) is 4.55 Å². The molecule has 0 atom stereocenters. The number of hydrogen-bond donors (Lipinski definition) is 1. The molecule has 0 fully saturated rings. The van der Waals surface area contributed by atoms with Gasteiger partial charge in [0.25, 0.3) is 10.1 Å². The Bertz CT molecular complexity index is 621. The summed E-state index contributed by atoms with van der Waals surface area (Å²) >= 11 is 3.28. The summed E-state index contributed by atoms with van der Waals surface area (Å²) in [6, 6.07) is 7.08. The van der Waals surface area contributed by atoms with Crippen molar-refractivity contribution in [3.63, 3.8) is 0 Å². The van der Waals surface area contributed by atoms with E-state index >= 15 is 0 Å². The molecular weight excluding hydrogens is 312 g/mol. The van der Waals surface area contributed by atoms with Crippen LogP contribution in [0.2, 0.25) is 0 Å². The Kier molecular flexibility index (Phi) is 3.27. The lowest BCUT2D eigenvalue weighted by Crippen LogP contribution is -2.01. The van der Waals surface area contributed by atoms with E-state index in [4.69, 9.17) is 8.97 Å². The molecule has 1 heterocycles. The predicted molar refractivity (Wildman–Crippen MR) is 62.7 cm³/mol. The third-order valence-electron chi connectivity index (χ3n) is 1.86. The van der Waals surface area contributed by atoms with E-state index in [-0.39, 0.29) is 11.8 Å². The normalized spacial score (nSPS) is 11.6. The van der Waals surface area contributed by atoms with Crippen molar-refractivity contribution < 1.29 is 17.4 Å². The highest BCUT2D eigenvalue weighted by Crippen LogP contribution is 2.20. The highest BCUT2D eigenvalue weighted by atomic mass is 79.9. The average molecular weight is 319 g/mol. The largest absolute Gasteiger partial charge is 0.419 e. The summed E-state index contributed by atoms with van der Waals surface area (Å²) in [5, 5.41) is 7.23.